The topological polar surface area (TPSA) is 25.8 Å². The minimum atomic E-state index is 0.479. The van der Waals surface area contributed by atoms with Crippen molar-refractivity contribution in [3.63, 3.8) is 0 Å². The minimum Gasteiger partial charge on any atom is -0.265 e. The first-order valence-electron chi connectivity index (χ1n) is 5.90. The summed E-state index contributed by atoms with van der Waals surface area (Å²) >= 11 is 7.68. The monoisotopic (exact) mass is 286 g/mol. The predicted molar refractivity (Wildman–Crippen MR) is 80.3 cm³/mol. The summed E-state index contributed by atoms with van der Waals surface area (Å²) in [6.45, 7) is 0. The van der Waals surface area contributed by atoms with E-state index in [0.29, 0.717) is 5.88 Å². The molecule has 0 saturated heterocycles. The van der Waals surface area contributed by atoms with Crippen molar-refractivity contribution in [3.8, 4) is 21.8 Å². The van der Waals surface area contributed by atoms with Crippen molar-refractivity contribution in [2.24, 2.45) is 0 Å². The Bertz CT molecular complexity index is 665. The normalized spacial score (nSPS) is 10.6. The van der Waals surface area contributed by atoms with E-state index in [9.17, 15) is 0 Å². The second-order valence-electron chi connectivity index (χ2n) is 4.03. The van der Waals surface area contributed by atoms with E-state index < -0.39 is 0 Å². The van der Waals surface area contributed by atoms with E-state index in [1.165, 1.54) is 0 Å². The summed E-state index contributed by atoms with van der Waals surface area (Å²) in [6, 6.07) is 14.1. The summed E-state index contributed by atoms with van der Waals surface area (Å²) in [7, 11) is 0. The van der Waals surface area contributed by atoms with E-state index in [1.807, 2.05) is 30.3 Å². The molecule has 2 nitrogen and oxygen atoms in total. The van der Waals surface area contributed by atoms with Crippen LogP contribution in [-0.2, 0) is 5.88 Å². The predicted octanol–water partition coefficient (Wildman–Crippen LogP) is 4.61. The molecule has 1 aromatic carbocycles. The van der Waals surface area contributed by atoms with Gasteiger partial charge in [0.05, 0.1) is 11.6 Å². The summed E-state index contributed by atoms with van der Waals surface area (Å²) in [5.74, 6) is 0.479. The Morgan fingerprint density at radius 3 is 2.37 bits per heavy atom. The van der Waals surface area contributed by atoms with Crippen molar-refractivity contribution < 1.29 is 0 Å². The van der Waals surface area contributed by atoms with Gasteiger partial charge in [-0.2, -0.15) is 0 Å². The lowest BCUT2D eigenvalue weighted by Crippen LogP contribution is -1.82. The molecule has 0 bridgehead atoms. The third-order valence-corrected chi connectivity index (χ3v) is 4.32. The first kappa shape index (κ1) is 12.3. The standard InChI is InChI=1S/C15H11ClN2S/c16-10-13-14(11-4-2-1-3-5-11)18-15(19-13)12-6-8-17-9-7-12/h1-9H,10H2. The highest BCUT2D eigenvalue weighted by Gasteiger charge is 2.13. The number of alkyl halides is 1. The Hall–Kier alpha value is -1.71. The van der Waals surface area contributed by atoms with Crippen LogP contribution in [0.2, 0.25) is 0 Å². The van der Waals surface area contributed by atoms with Crippen LogP contribution in [0.3, 0.4) is 0 Å². The van der Waals surface area contributed by atoms with Gasteiger partial charge in [-0.3, -0.25) is 4.98 Å². The summed E-state index contributed by atoms with van der Waals surface area (Å²) in [5, 5.41) is 0.983. The quantitative estimate of drug-likeness (QED) is 0.657. The van der Waals surface area contributed by atoms with Gasteiger partial charge >= 0.3 is 0 Å². The molecule has 2 heterocycles. The van der Waals surface area contributed by atoms with Gasteiger partial charge in [0.25, 0.3) is 0 Å². The van der Waals surface area contributed by atoms with Crippen molar-refractivity contribution >= 4 is 22.9 Å². The molecule has 0 saturated carbocycles. The van der Waals surface area contributed by atoms with E-state index >= 15 is 0 Å². The second-order valence-corrected chi connectivity index (χ2v) is 5.38. The van der Waals surface area contributed by atoms with E-state index in [-0.39, 0.29) is 0 Å². The Labute approximate surface area is 120 Å². The fraction of sp³-hybridized carbons (Fsp3) is 0.0667. The molecule has 0 radical (unpaired) electrons. The molecule has 0 amide bonds. The van der Waals surface area contributed by atoms with E-state index in [0.717, 1.165) is 26.7 Å². The van der Waals surface area contributed by atoms with Crippen LogP contribution < -0.4 is 0 Å². The highest BCUT2D eigenvalue weighted by molar-refractivity contribution is 7.15. The van der Waals surface area contributed by atoms with Gasteiger partial charge < -0.3 is 0 Å². The molecule has 94 valence electrons. The highest BCUT2D eigenvalue weighted by Crippen LogP contribution is 2.34. The molecule has 3 rings (SSSR count). The van der Waals surface area contributed by atoms with Crippen molar-refractivity contribution in [1.29, 1.82) is 0 Å². The van der Waals surface area contributed by atoms with E-state index in [4.69, 9.17) is 16.6 Å². The maximum Gasteiger partial charge on any atom is 0.124 e. The van der Waals surface area contributed by atoms with Crippen LogP contribution in [0.4, 0.5) is 0 Å². The molecule has 0 spiro atoms. The van der Waals surface area contributed by atoms with Gasteiger partial charge in [0, 0.05) is 28.4 Å². The van der Waals surface area contributed by atoms with Crippen LogP contribution >= 0.6 is 22.9 Å². The molecule has 19 heavy (non-hydrogen) atoms. The summed E-state index contributed by atoms with van der Waals surface area (Å²) in [5.41, 5.74) is 3.16. The minimum absolute atomic E-state index is 0.479. The molecule has 0 unspecified atom stereocenters. The van der Waals surface area contributed by atoms with Gasteiger partial charge in [-0.15, -0.1) is 22.9 Å². The lowest BCUT2D eigenvalue weighted by molar-refractivity contribution is 1.31. The molecule has 0 aliphatic rings. The van der Waals surface area contributed by atoms with Crippen LogP contribution in [0.1, 0.15) is 4.88 Å². The van der Waals surface area contributed by atoms with Gasteiger partial charge in [-0.1, -0.05) is 30.3 Å². The number of pyridine rings is 1. The van der Waals surface area contributed by atoms with Crippen LogP contribution in [-0.4, -0.2) is 9.97 Å². The molecule has 0 aliphatic carbocycles. The third-order valence-electron chi connectivity index (χ3n) is 2.79. The molecule has 3 aromatic rings. The van der Waals surface area contributed by atoms with Gasteiger partial charge in [-0.25, -0.2) is 4.98 Å². The first-order chi connectivity index (χ1) is 9.38. The van der Waals surface area contributed by atoms with E-state index in [1.54, 1.807) is 23.7 Å². The number of nitrogens with zero attached hydrogens (tertiary/aromatic N) is 2. The molecule has 0 N–H and O–H groups in total. The van der Waals surface area contributed by atoms with Gasteiger partial charge in [0.1, 0.15) is 5.01 Å². The fourth-order valence-corrected chi connectivity index (χ4v) is 3.11. The van der Waals surface area contributed by atoms with Crippen LogP contribution in [0.25, 0.3) is 21.8 Å². The number of halogens is 1. The SMILES string of the molecule is ClCc1sc(-c2ccncc2)nc1-c1ccccc1. The molecular formula is C15H11ClN2S. The summed E-state index contributed by atoms with van der Waals surface area (Å²) in [6.07, 6.45) is 3.55. The zero-order valence-electron chi connectivity index (χ0n) is 10.1. The van der Waals surface area contributed by atoms with Crippen LogP contribution in [0.5, 0.6) is 0 Å². The lowest BCUT2D eigenvalue weighted by Gasteiger charge is -1.98. The molecule has 0 aliphatic heterocycles. The first-order valence-corrected chi connectivity index (χ1v) is 7.25. The number of aromatic nitrogens is 2. The maximum atomic E-state index is 6.04. The molecule has 2 aromatic heterocycles. The molecule has 0 fully saturated rings. The fourth-order valence-electron chi connectivity index (χ4n) is 1.88. The Balaban J connectivity index is 2.09. The average molecular weight is 287 g/mol. The van der Waals surface area contributed by atoms with Crippen LogP contribution in [0, 0.1) is 0 Å². The molecule has 0 atom stereocenters. The van der Waals surface area contributed by atoms with Crippen molar-refractivity contribution in [3.05, 3.63) is 59.7 Å². The molecule has 4 heteroatoms. The Morgan fingerprint density at radius 2 is 1.68 bits per heavy atom. The summed E-state index contributed by atoms with van der Waals surface area (Å²) < 4.78 is 0. The smallest absolute Gasteiger partial charge is 0.124 e. The number of rotatable bonds is 3. The zero-order chi connectivity index (χ0) is 13.1. The molecular weight excluding hydrogens is 276 g/mol. The van der Waals surface area contributed by atoms with Crippen LogP contribution in [0.15, 0.2) is 54.9 Å². The zero-order valence-corrected chi connectivity index (χ0v) is 11.7. The largest absolute Gasteiger partial charge is 0.265 e. The number of hydrogen-bond acceptors (Lipinski definition) is 3. The highest BCUT2D eigenvalue weighted by atomic mass is 35.5. The van der Waals surface area contributed by atoms with Crippen molar-refractivity contribution in [1.82, 2.24) is 9.97 Å². The number of thiazole rings is 1. The van der Waals surface area contributed by atoms with Crippen molar-refractivity contribution in [2.45, 2.75) is 5.88 Å². The maximum absolute atomic E-state index is 6.04. The lowest BCUT2D eigenvalue weighted by atomic mass is 10.1. The number of benzene rings is 1. The Kier molecular flexibility index (Phi) is 3.58. The van der Waals surface area contributed by atoms with Crippen molar-refractivity contribution in [2.75, 3.05) is 0 Å². The number of hydrogen-bond donors (Lipinski definition) is 0. The van der Waals surface area contributed by atoms with Gasteiger partial charge in [-0.05, 0) is 12.1 Å². The summed E-state index contributed by atoms with van der Waals surface area (Å²) in [4.78, 5) is 9.85. The average Bonchev–Trinajstić information content (AvgIpc) is 2.93. The van der Waals surface area contributed by atoms with Gasteiger partial charge in [0.2, 0.25) is 0 Å². The van der Waals surface area contributed by atoms with E-state index in [2.05, 4.69) is 17.1 Å². The Morgan fingerprint density at radius 1 is 0.947 bits per heavy atom. The third kappa shape index (κ3) is 2.53. The second kappa shape index (κ2) is 5.51. The van der Waals surface area contributed by atoms with Gasteiger partial charge in [0.15, 0.2) is 0 Å².